The maximum Gasteiger partial charge on any atom is 0.161 e. The van der Waals surface area contributed by atoms with Gasteiger partial charge >= 0.3 is 0 Å². The molecule has 0 radical (unpaired) electrons. The molecule has 1 saturated heterocycles. The Bertz CT molecular complexity index is 442. The van der Waals surface area contributed by atoms with Gasteiger partial charge in [0.25, 0.3) is 0 Å². The van der Waals surface area contributed by atoms with E-state index in [0.717, 1.165) is 30.5 Å². The van der Waals surface area contributed by atoms with Crippen LogP contribution in [0.25, 0.3) is 0 Å². The molecule has 0 saturated carbocycles. The highest BCUT2D eigenvalue weighted by Crippen LogP contribution is 2.30. The van der Waals surface area contributed by atoms with Crippen molar-refractivity contribution < 1.29 is 9.47 Å². The van der Waals surface area contributed by atoms with E-state index in [4.69, 9.17) is 9.47 Å². The maximum atomic E-state index is 5.61. The summed E-state index contributed by atoms with van der Waals surface area (Å²) in [6, 6.07) is 6.23. The molecule has 0 amide bonds. The summed E-state index contributed by atoms with van der Waals surface area (Å²) in [7, 11) is 2.21. The molecule has 1 N–H and O–H groups in total. The van der Waals surface area contributed by atoms with Crippen molar-refractivity contribution >= 4 is 0 Å². The lowest BCUT2D eigenvalue weighted by Crippen LogP contribution is -2.34. The molecule has 1 fully saturated rings. The monoisotopic (exact) mass is 276 g/mol. The molecule has 0 aromatic heterocycles. The van der Waals surface area contributed by atoms with Gasteiger partial charge < -0.3 is 19.7 Å². The predicted octanol–water partition coefficient (Wildman–Crippen LogP) is 1.89. The lowest BCUT2D eigenvalue weighted by atomic mass is 9.97. The van der Waals surface area contributed by atoms with Crippen LogP contribution in [0.2, 0.25) is 0 Å². The van der Waals surface area contributed by atoms with Crippen molar-refractivity contribution in [2.45, 2.75) is 19.4 Å². The molecular formula is C16H24N2O2. The van der Waals surface area contributed by atoms with Gasteiger partial charge in [-0.2, -0.15) is 0 Å². The highest BCUT2D eigenvalue weighted by atomic mass is 16.6. The molecule has 2 aliphatic heterocycles. The van der Waals surface area contributed by atoms with Gasteiger partial charge in [-0.05, 0) is 63.1 Å². The van der Waals surface area contributed by atoms with E-state index < -0.39 is 0 Å². The number of likely N-dealkylation sites (tertiary alicyclic amines) is 1. The lowest BCUT2D eigenvalue weighted by molar-refractivity contribution is 0.171. The molecule has 0 aliphatic carbocycles. The molecule has 20 heavy (non-hydrogen) atoms. The molecule has 0 spiro atoms. The SMILES string of the molecule is CN1CCC(CNCc2ccc3c(c2)OCCO3)CC1. The van der Waals surface area contributed by atoms with Gasteiger partial charge in [-0.15, -0.1) is 0 Å². The summed E-state index contributed by atoms with van der Waals surface area (Å²) in [5, 5.41) is 3.58. The standard InChI is InChI=1S/C16H24N2O2/c1-18-6-4-13(5-7-18)11-17-12-14-2-3-15-16(10-14)20-9-8-19-15/h2-3,10,13,17H,4-9,11-12H2,1H3. The van der Waals surface area contributed by atoms with Gasteiger partial charge in [0.05, 0.1) is 0 Å². The van der Waals surface area contributed by atoms with E-state index in [9.17, 15) is 0 Å². The van der Waals surface area contributed by atoms with Crippen LogP contribution in [0.5, 0.6) is 11.5 Å². The first-order valence-electron chi connectivity index (χ1n) is 7.59. The Kier molecular flexibility index (Phi) is 4.43. The zero-order valence-electron chi connectivity index (χ0n) is 12.2. The average molecular weight is 276 g/mol. The van der Waals surface area contributed by atoms with E-state index in [2.05, 4.69) is 29.4 Å². The van der Waals surface area contributed by atoms with E-state index >= 15 is 0 Å². The minimum atomic E-state index is 0.652. The second kappa shape index (κ2) is 6.46. The highest BCUT2D eigenvalue weighted by Gasteiger charge is 2.16. The predicted molar refractivity (Wildman–Crippen MR) is 79.4 cm³/mol. The molecule has 110 valence electrons. The number of ether oxygens (including phenoxy) is 2. The summed E-state index contributed by atoms with van der Waals surface area (Å²) in [4.78, 5) is 2.41. The quantitative estimate of drug-likeness (QED) is 0.910. The van der Waals surface area contributed by atoms with Gasteiger partial charge in [0.15, 0.2) is 11.5 Å². The summed E-state index contributed by atoms with van der Waals surface area (Å²) in [5.74, 6) is 2.58. The van der Waals surface area contributed by atoms with Crippen LogP contribution in [0.3, 0.4) is 0 Å². The number of piperidine rings is 1. The van der Waals surface area contributed by atoms with E-state index in [1.807, 2.05) is 6.07 Å². The third-order valence-electron chi connectivity index (χ3n) is 4.21. The molecule has 2 heterocycles. The number of fused-ring (bicyclic) bond motifs is 1. The average Bonchev–Trinajstić information content (AvgIpc) is 2.49. The highest BCUT2D eigenvalue weighted by molar-refractivity contribution is 5.43. The summed E-state index contributed by atoms with van der Waals surface area (Å²) < 4.78 is 11.2. The first-order chi connectivity index (χ1) is 9.81. The number of benzene rings is 1. The first kappa shape index (κ1) is 13.7. The molecule has 4 nitrogen and oxygen atoms in total. The summed E-state index contributed by atoms with van der Waals surface area (Å²) in [5.41, 5.74) is 1.27. The fourth-order valence-electron chi connectivity index (χ4n) is 2.88. The van der Waals surface area contributed by atoms with E-state index in [1.54, 1.807) is 0 Å². The molecule has 0 atom stereocenters. The zero-order chi connectivity index (χ0) is 13.8. The number of rotatable bonds is 4. The zero-order valence-corrected chi connectivity index (χ0v) is 12.2. The van der Waals surface area contributed by atoms with Gasteiger partial charge in [-0.25, -0.2) is 0 Å². The summed E-state index contributed by atoms with van der Waals surface area (Å²) >= 11 is 0. The molecule has 0 bridgehead atoms. The van der Waals surface area contributed by atoms with E-state index in [1.165, 1.54) is 31.5 Å². The van der Waals surface area contributed by atoms with Crippen molar-refractivity contribution in [3.8, 4) is 11.5 Å². The normalized spacial score (nSPS) is 20.1. The third-order valence-corrected chi connectivity index (χ3v) is 4.21. The molecule has 2 aliphatic rings. The largest absolute Gasteiger partial charge is 0.486 e. The van der Waals surface area contributed by atoms with Crippen LogP contribution in [0.15, 0.2) is 18.2 Å². The fourth-order valence-corrected chi connectivity index (χ4v) is 2.88. The Morgan fingerprint density at radius 1 is 1.15 bits per heavy atom. The second-order valence-corrected chi connectivity index (χ2v) is 5.86. The molecular weight excluding hydrogens is 252 g/mol. The van der Waals surface area contributed by atoms with Gasteiger partial charge in [-0.3, -0.25) is 0 Å². The van der Waals surface area contributed by atoms with E-state index in [-0.39, 0.29) is 0 Å². The molecule has 0 unspecified atom stereocenters. The molecule has 4 heteroatoms. The van der Waals surface area contributed by atoms with Crippen LogP contribution in [-0.4, -0.2) is 44.8 Å². The molecule has 1 aromatic carbocycles. The van der Waals surface area contributed by atoms with Crippen molar-refractivity contribution in [2.75, 3.05) is 39.9 Å². The lowest BCUT2D eigenvalue weighted by Gasteiger charge is -2.29. The van der Waals surface area contributed by atoms with Crippen molar-refractivity contribution in [2.24, 2.45) is 5.92 Å². The van der Waals surface area contributed by atoms with E-state index in [0.29, 0.717) is 13.2 Å². The second-order valence-electron chi connectivity index (χ2n) is 5.86. The van der Waals surface area contributed by atoms with Crippen molar-refractivity contribution in [3.63, 3.8) is 0 Å². The number of hydrogen-bond acceptors (Lipinski definition) is 4. The Hall–Kier alpha value is -1.26. The van der Waals surface area contributed by atoms with Crippen LogP contribution in [0.1, 0.15) is 18.4 Å². The smallest absolute Gasteiger partial charge is 0.161 e. The van der Waals surface area contributed by atoms with Crippen molar-refractivity contribution in [1.82, 2.24) is 10.2 Å². The van der Waals surface area contributed by atoms with Crippen molar-refractivity contribution in [1.29, 1.82) is 0 Å². The van der Waals surface area contributed by atoms with Crippen LogP contribution in [0.4, 0.5) is 0 Å². The third kappa shape index (κ3) is 3.44. The Morgan fingerprint density at radius 2 is 1.90 bits per heavy atom. The minimum absolute atomic E-state index is 0.652. The van der Waals surface area contributed by atoms with Crippen LogP contribution < -0.4 is 14.8 Å². The van der Waals surface area contributed by atoms with Gasteiger partial charge in [0.2, 0.25) is 0 Å². The topological polar surface area (TPSA) is 33.7 Å². The molecule has 3 rings (SSSR count). The van der Waals surface area contributed by atoms with Crippen LogP contribution >= 0.6 is 0 Å². The summed E-state index contributed by atoms with van der Waals surface area (Å²) in [6.45, 7) is 5.79. The van der Waals surface area contributed by atoms with Crippen molar-refractivity contribution in [3.05, 3.63) is 23.8 Å². The number of nitrogens with one attached hydrogen (secondary N) is 1. The molecule has 1 aromatic rings. The Balaban J connectivity index is 1.46. The summed E-state index contributed by atoms with van der Waals surface area (Å²) in [6.07, 6.45) is 2.62. The number of hydrogen-bond donors (Lipinski definition) is 1. The van der Waals surface area contributed by atoms with Gasteiger partial charge in [0.1, 0.15) is 13.2 Å². The Morgan fingerprint density at radius 3 is 2.70 bits per heavy atom. The number of nitrogens with zero attached hydrogens (tertiary/aromatic N) is 1. The minimum Gasteiger partial charge on any atom is -0.486 e. The van der Waals surface area contributed by atoms with Gasteiger partial charge in [0, 0.05) is 6.54 Å². The van der Waals surface area contributed by atoms with Crippen LogP contribution in [-0.2, 0) is 6.54 Å². The first-order valence-corrected chi connectivity index (χ1v) is 7.59. The fraction of sp³-hybridized carbons (Fsp3) is 0.625. The van der Waals surface area contributed by atoms with Gasteiger partial charge in [-0.1, -0.05) is 6.07 Å². The Labute approximate surface area is 121 Å². The van der Waals surface area contributed by atoms with Crippen LogP contribution in [0, 0.1) is 5.92 Å². The maximum absolute atomic E-state index is 5.61.